The molecule has 34 heavy (non-hydrogen) atoms. The molecule has 0 bridgehead atoms. The number of nitrogens with zero attached hydrogens (tertiary/aromatic N) is 2. The monoisotopic (exact) mass is 513 g/mol. The van der Waals surface area contributed by atoms with E-state index in [0.717, 1.165) is 30.2 Å². The summed E-state index contributed by atoms with van der Waals surface area (Å²) in [7, 11) is 0.289. The molecule has 12 heteroatoms. The van der Waals surface area contributed by atoms with Gasteiger partial charge in [-0.25, -0.2) is 22.6 Å². The van der Waals surface area contributed by atoms with Gasteiger partial charge in [-0.1, -0.05) is 31.3 Å². The summed E-state index contributed by atoms with van der Waals surface area (Å²) in [5.74, 6) is -0.998. The van der Waals surface area contributed by atoms with Gasteiger partial charge in [0.15, 0.2) is 15.0 Å². The van der Waals surface area contributed by atoms with Crippen LogP contribution in [0.4, 0.5) is 14.3 Å². The largest absolute Gasteiger partial charge is 0.355 e. The van der Waals surface area contributed by atoms with Gasteiger partial charge < -0.3 is 15.5 Å². The number of aromatic nitrogens is 1. The molecule has 3 N–H and O–H groups in total. The van der Waals surface area contributed by atoms with Crippen LogP contribution < -0.4 is 16.0 Å². The number of anilines is 1. The van der Waals surface area contributed by atoms with E-state index in [0.29, 0.717) is 27.8 Å². The normalized spacial score (nSPS) is 12.0. The second kappa shape index (κ2) is 11.2. The number of hydrogen-bond donors (Lipinski definition) is 3. The average molecular weight is 514 g/mol. The van der Waals surface area contributed by atoms with Crippen LogP contribution in [0.15, 0.2) is 23.1 Å². The summed E-state index contributed by atoms with van der Waals surface area (Å²) in [5, 5.41) is 8.40. The molecule has 0 unspecified atom stereocenters. The first-order valence-electron chi connectivity index (χ1n) is 10.6. The van der Waals surface area contributed by atoms with Gasteiger partial charge in [0.1, 0.15) is 10.7 Å². The molecule has 1 aromatic heterocycles. The Morgan fingerprint density at radius 1 is 1.21 bits per heavy atom. The number of nitrogens with one attached hydrogen (secondary N) is 3. The van der Waals surface area contributed by atoms with Gasteiger partial charge in [-0.3, -0.25) is 10.1 Å². The second-order valence-corrected chi connectivity index (χ2v) is 12.1. The van der Waals surface area contributed by atoms with Gasteiger partial charge in [0.25, 0.3) is 0 Å². The highest BCUT2D eigenvalue weighted by atomic mass is 32.2. The molecule has 0 saturated carbocycles. The molecule has 2 aromatic rings. The molecule has 0 aliphatic heterocycles. The van der Waals surface area contributed by atoms with E-state index in [1.54, 1.807) is 6.92 Å². The summed E-state index contributed by atoms with van der Waals surface area (Å²) in [4.78, 5) is 30.8. The average Bonchev–Trinajstić information content (AvgIpc) is 3.04. The Labute approximate surface area is 204 Å². The van der Waals surface area contributed by atoms with Crippen molar-refractivity contribution in [2.45, 2.75) is 32.1 Å². The van der Waals surface area contributed by atoms with Crippen molar-refractivity contribution < 1.29 is 22.4 Å². The predicted molar refractivity (Wildman–Crippen MR) is 132 cm³/mol. The maximum atomic E-state index is 14.3. The predicted octanol–water partition coefficient (Wildman–Crippen LogP) is 2.88. The summed E-state index contributed by atoms with van der Waals surface area (Å²) in [6, 6.07) is 3.34. The lowest BCUT2D eigenvalue weighted by Crippen LogP contribution is -2.41. The highest BCUT2D eigenvalue weighted by molar-refractivity contribution is 7.90. The van der Waals surface area contributed by atoms with Gasteiger partial charge in [0.2, 0.25) is 5.91 Å². The van der Waals surface area contributed by atoms with Crippen molar-refractivity contribution in [1.82, 2.24) is 20.5 Å². The van der Waals surface area contributed by atoms with Gasteiger partial charge >= 0.3 is 6.03 Å². The van der Waals surface area contributed by atoms with Crippen LogP contribution >= 0.6 is 11.3 Å². The maximum Gasteiger partial charge on any atom is 0.321 e. The van der Waals surface area contributed by atoms with E-state index in [9.17, 15) is 22.4 Å². The Morgan fingerprint density at radius 3 is 2.47 bits per heavy atom. The summed E-state index contributed by atoms with van der Waals surface area (Å²) in [6.07, 6.45) is 1.08. The van der Waals surface area contributed by atoms with E-state index < -0.39 is 21.7 Å². The van der Waals surface area contributed by atoms with E-state index in [-0.39, 0.29) is 29.2 Å². The van der Waals surface area contributed by atoms with Crippen molar-refractivity contribution >= 4 is 38.2 Å². The number of carbonyl (C=O) groups is 2. The van der Waals surface area contributed by atoms with Crippen LogP contribution in [0.25, 0.3) is 10.4 Å². The van der Waals surface area contributed by atoms with E-state index in [1.165, 1.54) is 12.1 Å². The van der Waals surface area contributed by atoms with E-state index in [1.807, 2.05) is 14.1 Å². The molecule has 2 rings (SSSR count). The van der Waals surface area contributed by atoms with Gasteiger partial charge in [-0.2, -0.15) is 0 Å². The number of benzene rings is 1. The van der Waals surface area contributed by atoms with Crippen LogP contribution in [0, 0.1) is 18.2 Å². The van der Waals surface area contributed by atoms with Crippen LogP contribution in [0.5, 0.6) is 0 Å². The SMILES string of the molecule is Cc1nc(NC(=O)NCCC(=O)NCC(C)(C)CN(C)C)sc1-c1ccc(S(C)(=O)=O)c(F)c1. The van der Waals surface area contributed by atoms with E-state index in [2.05, 4.69) is 39.7 Å². The van der Waals surface area contributed by atoms with Crippen LogP contribution in [0.3, 0.4) is 0 Å². The zero-order valence-electron chi connectivity index (χ0n) is 20.3. The molecular formula is C22H32FN5O4S2. The molecule has 0 radical (unpaired) electrons. The fraction of sp³-hybridized carbons (Fsp3) is 0.500. The number of urea groups is 1. The third-order valence-electron chi connectivity index (χ3n) is 4.76. The minimum atomic E-state index is -3.67. The molecule has 1 aromatic carbocycles. The van der Waals surface area contributed by atoms with Crippen molar-refractivity contribution in [3.63, 3.8) is 0 Å². The summed E-state index contributed by atoms with van der Waals surface area (Å²) < 4.78 is 37.5. The number of carbonyl (C=O) groups excluding carboxylic acids is 2. The zero-order chi connectivity index (χ0) is 25.7. The standard InChI is InChI=1S/C22H32FN5O4S2/c1-14-19(15-7-8-17(16(23)11-15)34(6,31)32)33-21(26-14)27-20(30)24-10-9-18(29)25-12-22(2,3)13-28(4)5/h7-8,11H,9-10,12-13H2,1-6H3,(H,25,29)(H2,24,26,27,30). The molecule has 188 valence electrons. The Hall–Kier alpha value is -2.57. The molecule has 0 spiro atoms. The number of amides is 3. The fourth-order valence-corrected chi connectivity index (χ4v) is 5.12. The molecule has 3 amide bonds. The van der Waals surface area contributed by atoms with Gasteiger partial charge in [0.05, 0.1) is 10.6 Å². The first-order chi connectivity index (χ1) is 15.7. The topological polar surface area (TPSA) is 120 Å². The maximum absolute atomic E-state index is 14.3. The van der Waals surface area contributed by atoms with Crippen LogP contribution in [-0.4, -0.2) is 70.2 Å². The van der Waals surface area contributed by atoms with Crippen LogP contribution in [-0.2, 0) is 14.6 Å². The van der Waals surface area contributed by atoms with E-state index >= 15 is 0 Å². The smallest absolute Gasteiger partial charge is 0.321 e. The number of rotatable bonds is 10. The number of aryl methyl sites for hydroxylation is 1. The molecule has 0 aliphatic carbocycles. The molecule has 9 nitrogen and oxygen atoms in total. The molecule has 0 saturated heterocycles. The highest BCUT2D eigenvalue weighted by Gasteiger charge is 2.20. The summed E-state index contributed by atoms with van der Waals surface area (Å²) in [5.41, 5.74) is 0.951. The molecule has 0 fully saturated rings. The third-order valence-corrected chi connectivity index (χ3v) is 7.01. The molecular weight excluding hydrogens is 481 g/mol. The van der Waals surface area contributed by atoms with Gasteiger partial charge in [-0.15, -0.1) is 0 Å². The Balaban J connectivity index is 1.88. The number of sulfone groups is 1. The van der Waals surface area contributed by atoms with Crippen molar-refractivity contribution in [3.8, 4) is 10.4 Å². The minimum Gasteiger partial charge on any atom is -0.355 e. The Morgan fingerprint density at radius 2 is 1.88 bits per heavy atom. The molecule has 0 aliphatic rings. The highest BCUT2D eigenvalue weighted by Crippen LogP contribution is 2.34. The van der Waals surface area contributed by atoms with Gasteiger partial charge in [-0.05, 0) is 44.1 Å². The van der Waals surface area contributed by atoms with Crippen molar-refractivity contribution in [3.05, 3.63) is 29.7 Å². The van der Waals surface area contributed by atoms with Gasteiger partial charge in [0, 0.05) is 32.3 Å². The molecule has 1 heterocycles. The second-order valence-electron chi connectivity index (χ2n) is 9.16. The van der Waals surface area contributed by atoms with Crippen molar-refractivity contribution in [2.24, 2.45) is 5.41 Å². The zero-order valence-corrected chi connectivity index (χ0v) is 21.9. The van der Waals surface area contributed by atoms with Crippen molar-refractivity contribution in [1.29, 1.82) is 0 Å². The molecule has 0 atom stereocenters. The van der Waals surface area contributed by atoms with E-state index in [4.69, 9.17) is 0 Å². The first kappa shape index (κ1) is 27.7. The number of halogens is 1. The van der Waals surface area contributed by atoms with Crippen molar-refractivity contribution in [2.75, 3.05) is 45.3 Å². The minimum absolute atomic E-state index is 0.0710. The van der Waals surface area contributed by atoms with Crippen LogP contribution in [0.2, 0.25) is 0 Å². The number of hydrogen-bond acceptors (Lipinski definition) is 7. The van der Waals surface area contributed by atoms with Crippen LogP contribution in [0.1, 0.15) is 26.0 Å². The quantitative estimate of drug-likeness (QED) is 0.449. The lowest BCUT2D eigenvalue weighted by atomic mass is 9.93. The summed E-state index contributed by atoms with van der Waals surface area (Å²) >= 11 is 1.14. The summed E-state index contributed by atoms with van der Waals surface area (Å²) in [6.45, 7) is 7.36. The Kier molecular flexibility index (Phi) is 9.15. The first-order valence-corrected chi connectivity index (χ1v) is 13.3. The third kappa shape index (κ3) is 8.33. The fourth-order valence-electron chi connectivity index (χ4n) is 3.43. The lowest BCUT2D eigenvalue weighted by molar-refractivity contribution is -0.121. The Bertz CT molecular complexity index is 1150. The number of thiazole rings is 1. The lowest BCUT2D eigenvalue weighted by Gasteiger charge is -2.28.